The van der Waals surface area contributed by atoms with E-state index in [1.807, 2.05) is 0 Å². The summed E-state index contributed by atoms with van der Waals surface area (Å²) < 4.78 is 56.9. The quantitative estimate of drug-likeness (QED) is 0.703. The first kappa shape index (κ1) is 22.0. The summed E-state index contributed by atoms with van der Waals surface area (Å²) in [7, 11) is -6.95. The maximum absolute atomic E-state index is 12.7. The van der Waals surface area contributed by atoms with Crippen LogP contribution in [0.15, 0.2) is 23.1 Å². The fourth-order valence-electron chi connectivity index (χ4n) is 3.22. The van der Waals surface area contributed by atoms with E-state index in [1.54, 1.807) is 13.0 Å². The van der Waals surface area contributed by atoms with Crippen LogP contribution in [0.2, 0.25) is 0 Å². The summed E-state index contributed by atoms with van der Waals surface area (Å²) in [4.78, 5) is 14.3. The van der Waals surface area contributed by atoms with Crippen molar-refractivity contribution < 1.29 is 26.4 Å². The summed E-state index contributed by atoms with van der Waals surface area (Å²) in [6, 6.07) is 4.18. The molecule has 2 saturated heterocycles. The second kappa shape index (κ2) is 8.56. The molecule has 0 unspecified atom stereocenters. The van der Waals surface area contributed by atoms with Crippen molar-refractivity contribution in [3.05, 3.63) is 23.8 Å². The Kier molecular flexibility index (Phi) is 6.48. The third-order valence-electron chi connectivity index (χ3n) is 5.03. The van der Waals surface area contributed by atoms with Crippen molar-refractivity contribution in [2.75, 3.05) is 64.1 Å². The predicted molar refractivity (Wildman–Crippen MR) is 108 cm³/mol. The molecule has 2 heterocycles. The average Bonchev–Trinajstić information content (AvgIpc) is 2.69. The minimum absolute atomic E-state index is 0.125. The normalized spacial score (nSPS) is 19.9. The molecule has 0 bridgehead atoms. The standard InChI is InChI=1S/C17H26N4O6S2/c1-14-3-4-15(28(2,23)24)13-16(14)18-17(22)19-5-7-20(8-6-19)29(25,26)21-9-11-27-12-10-21/h3-4,13H,5-12H2,1-2H3,(H,18,22). The van der Waals surface area contributed by atoms with E-state index in [2.05, 4.69) is 5.32 Å². The lowest BCUT2D eigenvalue weighted by molar-refractivity contribution is 0.0691. The lowest BCUT2D eigenvalue weighted by Gasteiger charge is -2.37. The molecule has 2 fully saturated rings. The fraction of sp³-hybridized carbons (Fsp3) is 0.588. The van der Waals surface area contributed by atoms with E-state index in [0.29, 0.717) is 32.0 Å². The van der Waals surface area contributed by atoms with Gasteiger partial charge in [0, 0.05) is 51.2 Å². The number of benzene rings is 1. The second-order valence-corrected chi connectivity index (χ2v) is 11.0. The molecule has 2 amide bonds. The number of amides is 2. The lowest BCUT2D eigenvalue weighted by Crippen LogP contribution is -2.56. The molecule has 3 rings (SSSR count). The van der Waals surface area contributed by atoms with E-state index in [4.69, 9.17) is 4.74 Å². The van der Waals surface area contributed by atoms with Crippen molar-refractivity contribution in [1.29, 1.82) is 0 Å². The Labute approximate surface area is 171 Å². The molecular formula is C17H26N4O6S2. The Bertz CT molecular complexity index is 966. The van der Waals surface area contributed by atoms with Crippen LogP contribution in [0.5, 0.6) is 0 Å². The number of carbonyl (C=O) groups excluding carboxylic acids is 1. The number of carbonyl (C=O) groups is 1. The van der Waals surface area contributed by atoms with Crippen LogP contribution in [0.25, 0.3) is 0 Å². The zero-order chi connectivity index (χ0) is 21.2. The van der Waals surface area contributed by atoms with Crippen LogP contribution in [0.3, 0.4) is 0 Å². The number of anilines is 1. The van der Waals surface area contributed by atoms with Crippen LogP contribution in [0, 0.1) is 6.92 Å². The number of morpholine rings is 1. The number of piperazine rings is 1. The molecule has 0 saturated carbocycles. The number of hydrogen-bond donors (Lipinski definition) is 1. The fourth-order valence-corrected chi connectivity index (χ4v) is 5.43. The molecule has 10 nitrogen and oxygen atoms in total. The van der Waals surface area contributed by atoms with Crippen LogP contribution in [-0.2, 0) is 24.8 Å². The van der Waals surface area contributed by atoms with E-state index >= 15 is 0 Å². The van der Waals surface area contributed by atoms with Gasteiger partial charge in [0.2, 0.25) is 0 Å². The number of hydrogen-bond acceptors (Lipinski definition) is 6. The van der Waals surface area contributed by atoms with Gasteiger partial charge in [0.1, 0.15) is 0 Å². The van der Waals surface area contributed by atoms with Gasteiger partial charge in [-0.1, -0.05) is 6.07 Å². The Hall–Kier alpha value is -1.73. The summed E-state index contributed by atoms with van der Waals surface area (Å²) in [5.74, 6) is 0. The first-order valence-electron chi connectivity index (χ1n) is 9.28. The molecule has 162 valence electrons. The van der Waals surface area contributed by atoms with Crippen LogP contribution in [-0.4, -0.2) is 95.1 Å². The summed E-state index contributed by atoms with van der Waals surface area (Å²) in [6.45, 7) is 4.11. The second-order valence-electron chi connectivity index (χ2n) is 7.08. The van der Waals surface area contributed by atoms with E-state index in [0.717, 1.165) is 11.8 Å². The summed E-state index contributed by atoms with van der Waals surface area (Å²) >= 11 is 0. The van der Waals surface area contributed by atoms with E-state index < -0.39 is 20.0 Å². The third-order valence-corrected chi connectivity index (χ3v) is 8.17. The zero-order valence-electron chi connectivity index (χ0n) is 16.5. The maximum atomic E-state index is 12.7. The molecule has 0 atom stereocenters. The van der Waals surface area contributed by atoms with Crippen molar-refractivity contribution >= 4 is 31.8 Å². The Morgan fingerprint density at radius 2 is 1.55 bits per heavy atom. The largest absolute Gasteiger partial charge is 0.379 e. The minimum atomic E-state index is -3.56. The predicted octanol–water partition coefficient (Wildman–Crippen LogP) is 0.125. The Balaban J connectivity index is 1.62. The van der Waals surface area contributed by atoms with E-state index in [9.17, 15) is 21.6 Å². The highest BCUT2D eigenvalue weighted by Gasteiger charge is 2.34. The van der Waals surface area contributed by atoms with Crippen molar-refractivity contribution in [2.45, 2.75) is 11.8 Å². The molecule has 0 spiro atoms. The van der Waals surface area contributed by atoms with Crippen LogP contribution >= 0.6 is 0 Å². The summed E-state index contributed by atoms with van der Waals surface area (Å²) in [5, 5.41) is 2.74. The molecule has 2 aliphatic rings. The first-order chi connectivity index (χ1) is 13.6. The molecule has 0 aromatic heterocycles. The number of sulfone groups is 1. The number of aryl methyl sites for hydroxylation is 1. The van der Waals surface area contributed by atoms with E-state index in [1.165, 1.54) is 25.6 Å². The monoisotopic (exact) mass is 446 g/mol. The number of nitrogens with one attached hydrogen (secondary N) is 1. The molecule has 29 heavy (non-hydrogen) atoms. The summed E-state index contributed by atoms with van der Waals surface area (Å²) in [6.07, 6.45) is 1.11. The number of ether oxygens (including phenoxy) is 1. The van der Waals surface area contributed by atoms with Gasteiger partial charge in [0.25, 0.3) is 10.2 Å². The van der Waals surface area contributed by atoms with Crippen LogP contribution in [0.1, 0.15) is 5.56 Å². The van der Waals surface area contributed by atoms with Gasteiger partial charge in [-0.3, -0.25) is 0 Å². The van der Waals surface area contributed by atoms with Gasteiger partial charge in [0.05, 0.1) is 18.1 Å². The molecule has 12 heteroatoms. The Morgan fingerprint density at radius 1 is 0.966 bits per heavy atom. The van der Waals surface area contributed by atoms with Gasteiger partial charge < -0.3 is 15.0 Å². The van der Waals surface area contributed by atoms with Crippen molar-refractivity contribution in [3.63, 3.8) is 0 Å². The molecule has 1 aromatic rings. The first-order valence-corrected chi connectivity index (χ1v) is 12.6. The van der Waals surface area contributed by atoms with Crippen molar-refractivity contribution in [3.8, 4) is 0 Å². The number of urea groups is 1. The summed E-state index contributed by atoms with van der Waals surface area (Å²) in [5.41, 5.74) is 1.15. The highest BCUT2D eigenvalue weighted by atomic mass is 32.2. The van der Waals surface area contributed by atoms with Gasteiger partial charge >= 0.3 is 6.03 Å². The van der Waals surface area contributed by atoms with Crippen molar-refractivity contribution in [2.24, 2.45) is 0 Å². The van der Waals surface area contributed by atoms with Gasteiger partial charge in [0.15, 0.2) is 9.84 Å². The molecule has 2 aliphatic heterocycles. The molecule has 1 aromatic carbocycles. The van der Waals surface area contributed by atoms with Crippen LogP contribution < -0.4 is 5.32 Å². The van der Waals surface area contributed by atoms with Gasteiger partial charge in [-0.15, -0.1) is 0 Å². The molecule has 0 aliphatic carbocycles. The number of nitrogens with zero attached hydrogens (tertiary/aromatic N) is 3. The number of rotatable bonds is 4. The maximum Gasteiger partial charge on any atom is 0.321 e. The van der Waals surface area contributed by atoms with Gasteiger partial charge in [-0.25, -0.2) is 13.2 Å². The Morgan fingerprint density at radius 3 is 2.14 bits per heavy atom. The third kappa shape index (κ3) is 5.07. The highest BCUT2D eigenvalue weighted by Crippen LogP contribution is 2.21. The van der Waals surface area contributed by atoms with Crippen LogP contribution in [0.4, 0.5) is 10.5 Å². The topological polar surface area (TPSA) is 116 Å². The lowest BCUT2D eigenvalue weighted by atomic mass is 10.2. The highest BCUT2D eigenvalue weighted by molar-refractivity contribution is 7.90. The van der Waals surface area contributed by atoms with Gasteiger partial charge in [-0.2, -0.15) is 17.0 Å². The van der Waals surface area contributed by atoms with Gasteiger partial charge in [-0.05, 0) is 24.6 Å². The molecular weight excluding hydrogens is 420 g/mol. The minimum Gasteiger partial charge on any atom is -0.379 e. The zero-order valence-corrected chi connectivity index (χ0v) is 18.1. The van der Waals surface area contributed by atoms with Crippen molar-refractivity contribution in [1.82, 2.24) is 13.5 Å². The smallest absolute Gasteiger partial charge is 0.321 e. The molecule has 1 N–H and O–H groups in total. The SMILES string of the molecule is Cc1ccc(S(C)(=O)=O)cc1NC(=O)N1CCN(S(=O)(=O)N2CCOCC2)CC1. The van der Waals surface area contributed by atoms with E-state index in [-0.39, 0.29) is 37.1 Å². The average molecular weight is 447 g/mol. The molecule has 0 radical (unpaired) electrons.